The van der Waals surface area contributed by atoms with Crippen LogP contribution in [0.4, 0.5) is 29.0 Å². The van der Waals surface area contributed by atoms with Crippen molar-refractivity contribution in [3.63, 3.8) is 0 Å². The Morgan fingerprint density at radius 2 is 1.97 bits per heavy atom. The molecular weight excluding hydrogens is 434 g/mol. The van der Waals surface area contributed by atoms with E-state index in [1.54, 1.807) is 6.20 Å². The molecule has 1 aliphatic carbocycles. The molecule has 3 aromatic rings. The summed E-state index contributed by atoms with van der Waals surface area (Å²) in [6.45, 7) is 3.22. The minimum Gasteiger partial charge on any atom is -0.378 e. The number of H-pyrrole nitrogens is 1. The highest BCUT2D eigenvalue weighted by molar-refractivity contribution is 9.10. The van der Waals surface area contributed by atoms with Crippen molar-refractivity contribution < 1.29 is 4.74 Å². The summed E-state index contributed by atoms with van der Waals surface area (Å²) in [7, 11) is 0. The Kier molecular flexibility index (Phi) is 5.07. The van der Waals surface area contributed by atoms with E-state index in [0.29, 0.717) is 17.7 Å². The molecule has 3 heterocycles. The molecule has 8 nitrogen and oxygen atoms in total. The van der Waals surface area contributed by atoms with E-state index in [9.17, 15) is 0 Å². The van der Waals surface area contributed by atoms with Crippen LogP contribution in [0.5, 0.6) is 0 Å². The van der Waals surface area contributed by atoms with Crippen LogP contribution in [-0.2, 0) is 4.74 Å². The first-order valence-electron chi connectivity index (χ1n) is 9.80. The van der Waals surface area contributed by atoms with E-state index < -0.39 is 0 Å². The maximum Gasteiger partial charge on any atom is 0.229 e. The monoisotopic (exact) mass is 455 g/mol. The number of nitrogens with one attached hydrogen (secondary N) is 3. The van der Waals surface area contributed by atoms with Crippen molar-refractivity contribution in [3.05, 3.63) is 46.7 Å². The van der Waals surface area contributed by atoms with Gasteiger partial charge in [-0.2, -0.15) is 10.1 Å². The van der Waals surface area contributed by atoms with Crippen molar-refractivity contribution in [2.75, 3.05) is 41.8 Å². The van der Waals surface area contributed by atoms with Crippen molar-refractivity contribution >= 4 is 44.9 Å². The van der Waals surface area contributed by atoms with E-state index in [0.717, 1.165) is 53.7 Å². The van der Waals surface area contributed by atoms with Gasteiger partial charge in [-0.25, -0.2) is 4.98 Å². The molecule has 9 heteroatoms. The molecule has 0 radical (unpaired) electrons. The summed E-state index contributed by atoms with van der Waals surface area (Å²) in [5.41, 5.74) is 3.20. The van der Waals surface area contributed by atoms with Gasteiger partial charge in [0, 0.05) is 31.3 Å². The summed E-state index contributed by atoms with van der Waals surface area (Å²) < 4.78 is 6.26. The Balaban J connectivity index is 1.36. The Bertz CT molecular complexity index is 998. The summed E-state index contributed by atoms with van der Waals surface area (Å²) in [6, 6.07) is 10.2. The van der Waals surface area contributed by atoms with Crippen LogP contribution in [0.3, 0.4) is 0 Å². The van der Waals surface area contributed by atoms with E-state index >= 15 is 0 Å². The SMILES string of the molecule is Brc1cnc(Nc2ccccc2N2CCOCC2)nc1Nc1cc(C2CC2)n[nH]1. The molecule has 0 unspecified atom stereocenters. The third-order valence-corrected chi connectivity index (χ3v) is 5.67. The minimum atomic E-state index is 0.526. The van der Waals surface area contributed by atoms with Gasteiger partial charge in [-0.1, -0.05) is 12.1 Å². The summed E-state index contributed by atoms with van der Waals surface area (Å²) in [6.07, 6.45) is 4.18. The lowest BCUT2D eigenvalue weighted by Gasteiger charge is -2.30. The van der Waals surface area contributed by atoms with Crippen LogP contribution < -0.4 is 15.5 Å². The van der Waals surface area contributed by atoms with E-state index in [1.165, 1.54) is 12.8 Å². The number of morpholine rings is 1. The van der Waals surface area contributed by atoms with E-state index in [1.807, 2.05) is 24.3 Å². The number of rotatable bonds is 6. The predicted molar refractivity (Wildman–Crippen MR) is 116 cm³/mol. The van der Waals surface area contributed by atoms with Crippen molar-refractivity contribution in [1.29, 1.82) is 0 Å². The Labute approximate surface area is 177 Å². The Hall–Kier alpha value is -2.65. The quantitative estimate of drug-likeness (QED) is 0.513. The highest BCUT2D eigenvalue weighted by Gasteiger charge is 2.26. The van der Waals surface area contributed by atoms with E-state index in [2.05, 4.69) is 57.7 Å². The van der Waals surface area contributed by atoms with E-state index in [-0.39, 0.29) is 0 Å². The maximum absolute atomic E-state index is 5.48. The topological polar surface area (TPSA) is 91.0 Å². The van der Waals surface area contributed by atoms with Gasteiger partial charge >= 0.3 is 0 Å². The lowest BCUT2D eigenvalue weighted by molar-refractivity contribution is 0.123. The molecule has 0 atom stereocenters. The lowest BCUT2D eigenvalue weighted by atomic mass is 10.2. The second-order valence-electron chi connectivity index (χ2n) is 7.24. The lowest BCUT2D eigenvalue weighted by Crippen LogP contribution is -2.36. The molecule has 1 aliphatic heterocycles. The largest absolute Gasteiger partial charge is 0.378 e. The zero-order chi connectivity index (χ0) is 19.6. The summed E-state index contributed by atoms with van der Waals surface area (Å²) in [5.74, 6) is 2.63. The summed E-state index contributed by atoms with van der Waals surface area (Å²) >= 11 is 3.53. The zero-order valence-electron chi connectivity index (χ0n) is 15.9. The standard InChI is InChI=1S/C20H22BrN7O/c21-14-12-22-20(25-19(14)24-18-11-16(26-27-18)13-5-6-13)23-15-3-1-2-4-17(15)28-7-9-29-10-8-28/h1-4,11-13H,5-10H2,(H3,22,23,24,25,26,27). The molecule has 2 aliphatic rings. The molecule has 150 valence electrons. The first-order chi connectivity index (χ1) is 14.3. The smallest absolute Gasteiger partial charge is 0.229 e. The Morgan fingerprint density at radius 3 is 2.79 bits per heavy atom. The predicted octanol–water partition coefficient (Wildman–Crippen LogP) is 4.16. The van der Waals surface area contributed by atoms with Gasteiger partial charge in [-0.05, 0) is 40.9 Å². The molecule has 1 saturated heterocycles. The molecule has 5 rings (SSSR count). The van der Waals surface area contributed by atoms with Crippen LogP contribution in [0.1, 0.15) is 24.5 Å². The number of benzene rings is 1. The molecule has 3 N–H and O–H groups in total. The summed E-state index contributed by atoms with van der Waals surface area (Å²) in [5, 5.41) is 14.1. The Morgan fingerprint density at radius 1 is 1.14 bits per heavy atom. The maximum atomic E-state index is 5.48. The first-order valence-corrected chi connectivity index (χ1v) is 10.6. The number of anilines is 5. The molecule has 0 amide bonds. The van der Waals surface area contributed by atoms with Crippen LogP contribution in [0.2, 0.25) is 0 Å². The van der Waals surface area contributed by atoms with Crippen LogP contribution >= 0.6 is 15.9 Å². The number of aromatic amines is 1. The average Bonchev–Trinajstić information content (AvgIpc) is 3.50. The number of ether oxygens (including phenoxy) is 1. The van der Waals surface area contributed by atoms with Crippen LogP contribution in [0.25, 0.3) is 0 Å². The van der Waals surface area contributed by atoms with Crippen LogP contribution in [0.15, 0.2) is 41.0 Å². The average molecular weight is 456 g/mol. The van der Waals surface area contributed by atoms with Gasteiger partial charge in [0.05, 0.1) is 34.8 Å². The highest BCUT2D eigenvalue weighted by atomic mass is 79.9. The van der Waals surface area contributed by atoms with Gasteiger partial charge in [0.1, 0.15) is 5.82 Å². The van der Waals surface area contributed by atoms with Crippen molar-refractivity contribution in [2.45, 2.75) is 18.8 Å². The second-order valence-corrected chi connectivity index (χ2v) is 8.09. The van der Waals surface area contributed by atoms with Crippen LogP contribution in [0, 0.1) is 0 Å². The molecule has 2 fully saturated rings. The number of para-hydroxylation sites is 2. The fourth-order valence-corrected chi connectivity index (χ4v) is 3.70. The van der Waals surface area contributed by atoms with Gasteiger partial charge in [0.2, 0.25) is 5.95 Å². The molecule has 1 saturated carbocycles. The van der Waals surface area contributed by atoms with Gasteiger partial charge < -0.3 is 20.3 Å². The zero-order valence-corrected chi connectivity index (χ0v) is 17.4. The molecule has 1 aromatic carbocycles. The molecule has 2 aromatic heterocycles. The third kappa shape index (κ3) is 4.20. The van der Waals surface area contributed by atoms with Crippen molar-refractivity contribution in [3.8, 4) is 0 Å². The summed E-state index contributed by atoms with van der Waals surface area (Å²) in [4.78, 5) is 11.4. The van der Waals surface area contributed by atoms with Crippen molar-refractivity contribution in [1.82, 2.24) is 20.2 Å². The van der Waals surface area contributed by atoms with Gasteiger partial charge in [-0.3, -0.25) is 5.10 Å². The molecule has 0 bridgehead atoms. The first kappa shape index (κ1) is 18.4. The molecule has 0 spiro atoms. The normalized spacial score (nSPS) is 16.7. The van der Waals surface area contributed by atoms with Gasteiger partial charge in [-0.15, -0.1) is 0 Å². The minimum absolute atomic E-state index is 0.526. The fraction of sp³-hybridized carbons (Fsp3) is 0.350. The number of aromatic nitrogens is 4. The fourth-order valence-electron chi connectivity index (χ4n) is 3.41. The van der Waals surface area contributed by atoms with Crippen LogP contribution in [-0.4, -0.2) is 46.5 Å². The number of hydrogen-bond donors (Lipinski definition) is 3. The van der Waals surface area contributed by atoms with Gasteiger partial charge in [0.25, 0.3) is 0 Å². The van der Waals surface area contributed by atoms with Crippen molar-refractivity contribution in [2.24, 2.45) is 0 Å². The highest BCUT2D eigenvalue weighted by Crippen LogP contribution is 2.40. The number of nitrogens with zero attached hydrogens (tertiary/aromatic N) is 4. The van der Waals surface area contributed by atoms with E-state index in [4.69, 9.17) is 4.74 Å². The molecule has 29 heavy (non-hydrogen) atoms. The second kappa shape index (κ2) is 8.00. The van der Waals surface area contributed by atoms with Gasteiger partial charge in [0.15, 0.2) is 5.82 Å². The third-order valence-electron chi connectivity index (χ3n) is 5.09. The number of hydrogen-bond acceptors (Lipinski definition) is 7. The number of halogens is 1. The molecular formula is C20H22BrN7O.